The van der Waals surface area contributed by atoms with Crippen LogP contribution in [0.1, 0.15) is 265 Å². The first-order valence-electron chi connectivity index (χ1n) is 29.6. The number of thiophene rings is 1. The van der Waals surface area contributed by atoms with Crippen molar-refractivity contribution in [2.45, 2.75) is 251 Å². The van der Waals surface area contributed by atoms with Gasteiger partial charge in [-0.1, -0.05) is 171 Å². The highest BCUT2D eigenvalue weighted by Gasteiger charge is 2.49. The van der Waals surface area contributed by atoms with Gasteiger partial charge in [0.05, 0.1) is 5.69 Å². The number of hydrogen-bond donors (Lipinski definition) is 0. The average Bonchev–Trinajstić information content (AvgIpc) is 3.71. The van der Waals surface area contributed by atoms with Crippen molar-refractivity contribution in [3.05, 3.63) is 139 Å². The molecule has 74 heavy (non-hydrogen) atoms. The predicted octanol–water partition coefficient (Wildman–Crippen LogP) is 18.3. The summed E-state index contributed by atoms with van der Waals surface area (Å²) in [7, 11) is 0. The van der Waals surface area contributed by atoms with E-state index in [-0.39, 0.29) is 44.6 Å². The zero-order chi connectivity index (χ0) is 52.6. The minimum absolute atomic E-state index is 0.0278. The Hall–Kier alpha value is -4.08. The summed E-state index contributed by atoms with van der Waals surface area (Å²) in [5, 5.41) is 1.46. The molecule has 12 rings (SSSR count). The van der Waals surface area contributed by atoms with E-state index in [4.69, 9.17) is 0 Å². The van der Waals surface area contributed by atoms with Crippen LogP contribution < -0.4 is 20.6 Å². The van der Waals surface area contributed by atoms with Crippen LogP contribution in [0.15, 0.2) is 66.7 Å². The summed E-state index contributed by atoms with van der Waals surface area (Å²) in [5.41, 5.74) is 28.5. The van der Waals surface area contributed by atoms with Gasteiger partial charge < -0.3 is 4.90 Å². The zero-order valence-electron chi connectivity index (χ0n) is 49.1. The molecule has 388 valence electrons. The molecule has 0 N–H and O–H groups in total. The van der Waals surface area contributed by atoms with Crippen molar-refractivity contribution in [3.8, 4) is 0 Å². The van der Waals surface area contributed by atoms with Crippen LogP contribution in [-0.2, 0) is 44.3 Å². The second-order valence-corrected chi connectivity index (χ2v) is 31.4. The van der Waals surface area contributed by atoms with Crippen molar-refractivity contribution in [1.29, 1.82) is 0 Å². The van der Waals surface area contributed by atoms with Crippen molar-refractivity contribution < 1.29 is 0 Å². The largest absolute Gasteiger partial charge is 0.310 e. The molecule has 0 spiro atoms. The third-order valence-corrected chi connectivity index (χ3v) is 22.6. The first-order valence-corrected chi connectivity index (χ1v) is 30.4. The molecule has 0 bridgehead atoms. The Labute approximate surface area is 453 Å². The third kappa shape index (κ3) is 7.85. The zero-order valence-corrected chi connectivity index (χ0v) is 49.9. The van der Waals surface area contributed by atoms with E-state index in [2.05, 4.69) is 201 Å². The standard InChI is InChI=1S/C71H90BNS/c1-42-33-52-54(68(10,11)29-27-66(52,6)7)36-45(42)23-25-48-49-26-24-47(65(3,4)5)38-58(49)72-62-50(48)35-46(44-21-19-18-20-22-44)37-60(62)73(59-40-56-53(34-43(59)2)67(8,9)28-31-70(56,14)15)63-51-39-55-57(41-61(51)74-64(63)72)71(16,17)32-30-69(55,12)13/h24,26,33-41,44,48H,18-23,25,27-32H2,1-17H3. The second-order valence-electron chi connectivity index (χ2n) is 30.4. The average molecular weight is 1000 g/mol. The van der Waals surface area contributed by atoms with Crippen LogP contribution >= 0.6 is 11.3 Å². The molecular weight excluding hydrogens is 910 g/mol. The Morgan fingerprint density at radius 2 is 1.08 bits per heavy atom. The molecule has 1 nitrogen and oxygen atoms in total. The molecule has 4 aliphatic carbocycles. The molecule has 2 aliphatic heterocycles. The van der Waals surface area contributed by atoms with Gasteiger partial charge in [-0.25, -0.2) is 0 Å². The Morgan fingerprint density at radius 1 is 0.554 bits per heavy atom. The second kappa shape index (κ2) is 16.7. The fourth-order valence-corrected chi connectivity index (χ4v) is 17.2. The topological polar surface area (TPSA) is 3.24 Å². The molecule has 3 heterocycles. The number of hydrogen-bond acceptors (Lipinski definition) is 2. The first kappa shape index (κ1) is 50.7. The molecule has 1 unspecified atom stereocenters. The van der Waals surface area contributed by atoms with Gasteiger partial charge in [-0.2, -0.15) is 0 Å². The summed E-state index contributed by atoms with van der Waals surface area (Å²) in [6.45, 7) is 42.4. The summed E-state index contributed by atoms with van der Waals surface area (Å²) >= 11 is 2.14. The Bertz CT molecular complexity index is 3290. The van der Waals surface area contributed by atoms with E-state index in [1.165, 1.54) is 114 Å². The van der Waals surface area contributed by atoms with Crippen LogP contribution in [0.25, 0.3) is 10.1 Å². The van der Waals surface area contributed by atoms with Gasteiger partial charge >= 0.3 is 0 Å². The van der Waals surface area contributed by atoms with Crippen molar-refractivity contribution in [3.63, 3.8) is 0 Å². The van der Waals surface area contributed by atoms with E-state index in [1.807, 2.05) is 0 Å². The van der Waals surface area contributed by atoms with E-state index in [0.29, 0.717) is 11.8 Å². The Balaban J connectivity index is 1.16. The Morgan fingerprint density at radius 3 is 1.66 bits per heavy atom. The number of nitrogens with zero attached hydrogens (tertiary/aromatic N) is 1. The third-order valence-electron chi connectivity index (χ3n) is 21.4. The molecule has 0 radical (unpaired) electrons. The molecule has 5 aromatic carbocycles. The van der Waals surface area contributed by atoms with Crippen molar-refractivity contribution in [1.82, 2.24) is 0 Å². The van der Waals surface area contributed by atoms with E-state index in [1.54, 1.807) is 71.3 Å². The maximum Gasteiger partial charge on any atom is 0.260 e. The molecule has 6 aromatic rings. The highest BCUT2D eigenvalue weighted by molar-refractivity contribution is 7.33. The van der Waals surface area contributed by atoms with Gasteiger partial charge in [0.15, 0.2) is 0 Å². The van der Waals surface area contributed by atoms with Gasteiger partial charge in [0, 0.05) is 32.2 Å². The van der Waals surface area contributed by atoms with Crippen LogP contribution in [0, 0.1) is 13.8 Å². The molecule has 1 atom stereocenters. The highest BCUT2D eigenvalue weighted by atomic mass is 32.1. The first-order chi connectivity index (χ1) is 34.6. The van der Waals surface area contributed by atoms with Crippen LogP contribution in [0.2, 0.25) is 0 Å². The van der Waals surface area contributed by atoms with Crippen LogP contribution in [0.4, 0.5) is 17.1 Å². The maximum atomic E-state index is 2.91. The van der Waals surface area contributed by atoms with E-state index in [9.17, 15) is 0 Å². The molecule has 6 aliphatic rings. The molecule has 0 saturated heterocycles. The van der Waals surface area contributed by atoms with Crippen molar-refractivity contribution in [2.75, 3.05) is 4.90 Å². The number of benzene rings is 5. The number of rotatable bonds is 5. The van der Waals surface area contributed by atoms with Gasteiger partial charge in [0.2, 0.25) is 0 Å². The number of aryl methyl sites for hydroxylation is 3. The van der Waals surface area contributed by atoms with Crippen LogP contribution in [0.5, 0.6) is 0 Å². The summed E-state index contributed by atoms with van der Waals surface area (Å²) in [5.74, 6) is 0.882. The van der Waals surface area contributed by atoms with E-state index >= 15 is 0 Å². The smallest absolute Gasteiger partial charge is 0.260 e. The fourth-order valence-electron chi connectivity index (χ4n) is 15.9. The van der Waals surface area contributed by atoms with Crippen LogP contribution in [-0.4, -0.2) is 6.71 Å². The SMILES string of the molecule is Cc1cc2c(cc1CCC1c3ccc(C(C)(C)C)cc3B3c4sc5cc6c(cc5c4N(c4cc5c(cc4C)C(C)(C)CCC5(C)C)c4cc(C5CCCCC5)cc1c43)C(C)(C)CCC6(C)C)C(C)(C)CCC2(C)C. The van der Waals surface area contributed by atoms with E-state index < -0.39 is 0 Å². The quantitative estimate of drug-likeness (QED) is 0.155. The highest BCUT2D eigenvalue weighted by Crippen LogP contribution is 2.56. The molecular formula is C71H90BNS. The number of anilines is 3. The van der Waals surface area contributed by atoms with Gasteiger partial charge in [0.25, 0.3) is 6.71 Å². The molecule has 1 fully saturated rings. The van der Waals surface area contributed by atoms with Gasteiger partial charge in [-0.3, -0.25) is 0 Å². The fraction of sp³-hybridized carbons (Fsp3) is 0.549. The minimum Gasteiger partial charge on any atom is -0.310 e. The molecule has 1 saturated carbocycles. The summed E-state index contributed by atoms with van der Waals surface area (Å²) < 4.78 is 3.02. The minimum atomic E-state index is 0.0278. The monoisotopic (exact) mass is 1000 g/mol. The van der Waals surface area contributed by atoms with Crippen molar-refractivity contribution >= 4 is 60.9 Å². The molecule has 0 amide bonds. The summed E-state index contributed by atoms with van der Waals surface area (Å²) in [4.78, 5) is 2.91. The van der Waals surface area contributed by atoms with Gasteiger partial charge in [-0.05, 0) is 224 Å². The lowest BCUT2D eigenvalue weighted by Gasteiger charge is -2.45. The predicted molar refractivity (Wildman–Crippen MR) is 324 cm³/mol. The lowest BCUT2D eigenvalue weighted by Crippen LogP contribution is -2.61. The maximum absolute atomic E-state index is 2.91. The summed E-state index contributed by atoms with van der Waals surface area (Å²) in [6, 6.07) is 29.5. The lowest BCUT2D eigenvalue weighted by atomic mass is 9.33. The Kier molecular flexibility index (Phi) is 11.5. The van der Waals surface area contributed by atoms with Crippen molar-refractivity contribution in [2.24, 2.45) is 0 Å². The normalized spacial score (nSPS) is 22.6. The summed E-state index contributed by atoms with van der Waals surface area (Å²) in [6.07, 6.45) is 16.2. The van der Waals surface area contributed by atoms with Gasteiger partial charge in [-0.15, -0.1) is 11.3 Å². The van der Waals surface area contributed by atoms with Crippen LogP contribution in [0.3, 0.4) is 0 Å². The molecule has 1 aromatic heterocycles. The number of fused-ring (bicyclic) bond motifs is 9. The lowest BCUT2D eigenvalue weighted by molar-refractivity contribution is 0.331. The van der Waals surface area contributed by atoms with E-state index in [0.717, 1.165) is 12.8 Å². The van der Waals surface area contributed by atoms with Gasteiger partial charge in [0.1, 0.15) is 0 Å². The molecule has 3 heteroatoms.